The molecule has 3 rings (SSSR count). The highest BCUT2D eigenvalue weighted by molar-refractivity contribution is 14.1. The van der Waals surface area contributed by atoms with Crippen molar-refractivity contribution in [3.8, 4) is 0 Å². The minimum Gasteiger partial charge on any atom is -0.402 e. The highest BCUT2D eigenvalue weighted by Crippen LogP contribution is 2.26. The van der Waals surface area contributed by atoms with E-state index in [4.69, 9.17) is 4.74 Å². The van der Waals surface area contributed by atoms with Gasteiger partial charge in [-0.25, -0.2) is 9.79 Å². The van der Waals surface area contributed by atoms with Gasteiger partial charge in [0.05, 0.1) is 4.92 Å². The van der Waals surface area contributed by atoms with Crippen LogP contribution >= 0.6 is 22.6 Å². The molecule has 24 heavy (non-hydrogen) atoms. The van der Waals surface area contributed by atoms with Gasteiger partial charge in [-0.05, 0) is 59.4 Å². The molecule has 0 radical (unpaired) electrons. The lowest BCUT2D eigenvalue weighted by molar-refractivity contribution is -0.385. The zero-order chi connectivity index (χ0) is 17.3. The number of cyclic esters (lactones) is 1. The van der Waals surface area contributed by atoms with Crippen LogP contribution in [-0.4, -0.2) is 16.8 Å². The van der Waals surface area contributed by atoms with Gasteiger partial charge in [0.2, 0.25) is 5.90 Å². The van der Waals surface area contributed by atoms with Crippen LogP contribution in [0, 0.1) is 20.6 Å². The Kier molecular flexibility index (Phi) is 4.43. The zero-order valence-corrected chi connectivity index (χ0v) is 14.7. The maximum atomic E-state index is 12.0. The van der Waals surface area contributed by atoms with Gasteiger partial charge in [0, 0.05) is 20.8 Å². The number of hydrogen-bond acceptors (Lipinski definition) is 5. The Balaban J connectivity index is 1.99. The number of nitro benzene ring substituents is 1. The summed E-state index contributed by atoms with van der Waals surface area (Å²) in [7, 11) is 0. The van der Waals surface area contributed by atoms with E-state index in [9.17, 15) is 14.9 Å². The molecule has 0 aromatic heterocycles. The SMILES string of the molecule is Cc1c(C2=N/C(=C\c3ccc(I)cc3)C(=O)O2)cccc1[N+](=O)[O-]. The first-order valence-corrected chi connectivity index (χ1v) is 8.06. The standard InChI is InChI=1S/C17H11IN2O4/c1-10-13(3-2-4-15(10)20(22)23)16-19-14(17(21)24-16)9-11-5-7-12(18)8-6-11/h2-9H,1H3/b14-9-. The second-order valence-electron chi connectivity index (χ2n) is 5.09. The maximum absolute atomic E-state index is 12.0. The smallest absolute Gasteiger partial charge is 0.363 e. The summed E-state index contributed by atoms with van der Waals surface area (Å²) in [6.07, 6.45) is 1.62. The first-order valence-electron chi connectivity index (χ1n) is 6.98. The molecule has 1 aliphatic rings. The van der Waals surface area contributed by atoms with Gasteiger partial charge in [0.15, 0.2) is 5.70 Å². The van der Waals surface area contributed by atoms with Crippen LogP contribution in [0.2, 0.25) is 0 Å². The summed E-state index contributed by atoms with van der Waals surface area (Å²) < 4.78 is 6.27. The number of carbonyl (C=O) groups is 1. The number of ether oxygens (including phenoxy) is 1. The topological polar surface area (TPSA) is 81.8 Å². The third-order valence-electron chi connectivity index (χ3n) is 3.53. The van der Waals surface area contributed by atoms with Crippen molar-refractivity contribution in [2.45, 2.75) is 6.92 Å². The first kappa shape index (κ1) is 16.3. The number of aliphatic imine (C=N–C) groups is 1. The molecule has 0 fully saturated rings. The molecule has 0 spiro atoms. The summed E-state index contributed by atoms with van der Waals surface area (Å²) in [5.41, 5.74) is 1.79. The van der Waals surface area contributed by atoms with Crippen molar-refractivity contribution >= 4 is 46.2 Å². The Morgan fingerprint density at radius 1 is 1.21 bits per heavy atom. The minimum atomic E-state index is -0.575. The second-order valence-corrected chi connectivity index (χ2v) is 6.34. The molecule has 1 heterocycles. The highest BCUT2D eigenvalue weighted by Gasteiger charge is 2.27. The third kappa shape index (κ3) is 3.21. The molecule has 0 unspecified atom stereocenters. The Labute approximate surface area is 151 Å². The van der Waals surface area contributed by atoms with E-state index >= 15 is 0 Å². The van der Waals surface area contributed by atoms with E-state index < -0.39 is 10.9 Å². The molecule has 0 saturated heterocycles. The van der Waals surface area contributed by atoms with Crippen LogP contribution in [0.1, 0.15) is 16.7 Å². The van der Waals surface area contributed by atoms with Crippen molar-refractivity contribution in [1.29, 1.82) is 0 Å². The van der Waals surface area contributed by atoms with Gasteiger partial charge in [0.25, 0.3) is 5.69 Å². The number of nitrogens with zero attached hydrogens (tertiary/aromatic N) is 2. The molecular formula is C17H11IN2O4. The van der Waals surface area contributed by atoms with Gasteiger partial charge in [-0.3, -0.25) is 10.1 Å². The van der Waals surface area contributed by atoms with Gasteiger partial charge in [-0.2, -0.15) is 0 Å². The first-order chi connectivity index (χ1) is 11.5. The van der Waals surface area contributed by atoms with Crippen molar-refractivity contribution in [3.05, 3.63) is 78.5 Å². The van der Waals surface area contributed by atoms with Crippen LogP contribution in [0.15, 0.2) is 53.2 Å². The van der Waals surface area contributed by atoms with Gasteiger partial charge >= 0.3 is 5.97 Å². The largest absolute Gasteiger partial charge is 0.402 e. The van der Waals surface area contributed by atoms with E-state index in [1.54, 1.807) is 19.1 Å². The normalized spacial score (nSPS) is 15.3. The Morgan fingerprint density at radius 2 is 1.92 bits per heavy atom. The lowest BCUT2D eigenvalue weighted by atomic mass is 10.1. The molecule has 7 heteroatoms. The average Bonchev–Trinajstić information content (AvgIpc) is 2.90. The summed E-state index contributed by atoms with van der Waals surface area (Å²) in [4.78, 5) is 26.8. The average molecular weight is 434 g/mol. The Hall–Kier alpha value is -2.55. The molecule has 120 valence electrons. The summed E-state index contributed by atoms with van der Waals surface area (Å²) in [5.74, 6) is -0.493. The van der Waals surface area contributed by atoms with E-state index in [2.05, 4.69) is 27.6 Å². The van der Waals surface area contributed by atoms with Gasteiger partial charge in [-0.1, -0.05) is 18.2 Å². The number of nitro groups is 1. The summed E-state index contributed by atoms with van der Waals surface area (Å²) in [6, 6.07) is 12.2. The molecule has 0 amide bonds. The predicted octanol–water partition coefficient (Wildman–Crippen LogP) is 3.85. The number of esters is 1. The summed E-state index contributed by atoms with van der Waals surface area (Å²) in [6.45, 7) is 1.60. The fourth-order valence-corrected chi connectivity index (χ4v) is 2.65. The van der Waals surface area contributed by atoms with Crippen LogP contribution < -0.4 is 0 Å². The van der Waals surface area contributed by atoms with Crippen molar-refractivity contribution in [2.24, 2.45) is 4.99 Å². The van der Waals surface area contributed by atoms with Crippen LogP contribution in [0.5, 0.6) is 0 Å². The van der Waals surface area contributed by atoms with Crippen molar-refractivity contribution < 1.29 is 14.5 Å². The molecule has 0 N–H and O–H groups in total. The van der Waals surface area contributed by atoms with Crippen LogP contribution in [0.4, 0.5) is 5.69 Å². The van der Waals surface area contributed by atoms with E-state index in [0.29, 0.717) is 11.1 Å². The molecule has 0 bridgehead atoms. The predicted molar refractivity (Wildman–Crippen MR) is 97.6 cm³/mol. The van der Waals surface area contributed by atoms with E-state index in [1.165, 1.54) is 12.1 Å². The lowest BCUT2D eigenvalue weighted by Crippen LogP contribution is -2.08. The molecule has 1 aliphatic heterocycles. The molecule has 0 aliphatic carbocycles. The van der Waals surface area contributed by atoms with E-state index in [1.807, 2.05) is 24.3 Å². The molecule has 2 aromatic rings. The van der Waals surface area contributed by atoms with Gasteiger partial charge < -0.3 is 4.74 Å². The number of carbonyl (C=O) groups excluding carboxylic acids is 1. The summed E-state index contributed by atoms with van der Waals surface area (Å²) in [5, 5.41) is 11.0. The van der Waals surface area contributed by atoms with Crippen LogP contribution in [-0.2, 0) is 9.53 Å². The quantitative estimate of drug-likeness (QED) is 0.242. The molecular weight excluding hydrogens is 423 g/mol. The Bertz CT molecular complexity index is 901. The van der Waals surface area contributed by atoms with E-state index in [-0.39, 0.29) is 17.3 Å². The summed E-state index contributed by atoms with van der Waals surface area (Å²) >= 11 is 2.19. The van der Waals surface area contributed by atoms with Crippen molar-refractivity contribution in [2.75, 3.05) is 0 Å². The molecule has 0 saturated carbocycles. The molecule has 2 aromatic carbocycles. The number of hydrogen-bond donors (Lipinski definition) is 0. The van der Waals surface area contributed by atoms with Gasteiger partial charge in [0.1, 0.15) is 0 Å². The Morgan fingerprint density at radius 3 is 2.58 bits per heavy atom. The van der Waals surface area contributed by atoms with Crippen molar-refractivity contribution in [3.63, 3.8) is 0 Å². The fraction of sp³-hybridized carbons (Fsp3) is 0.0588. The number of benzene rings is 2. The van der Waals surface area contributed by atoms with Crippen molar-refractivity contribution in [1.82, 2.24) is 0 Å². The molecule has 6 nitrogen and oxygen atoms in total. The highest BCUT2D eigenvalue weighted by atomic mass is 127. The monoisotopic (exact) mass is 434 g/mol. The zero-order valence-electron chi connectivity index (χ0n) is 12.5. The van der Waals surface area contributed by atoms with Gasteiger partial charge in [-0.15, -0.1) is 0 Å². The number of halogens is 1. The fourth-order valence-electron chi connectivity index (χ4n) is 2.29. The lowest BCUT2D eigenvalue weighted by Gasteiger charge is -2.04. The second kappa shape index (κ2) is 6.52. The number of rotatable bonds is 3. The minimum absolute atomic E-state index is 0.0405. The van der Waals surface area contributed by atoms with E-state index in [0.717, 1.165) is 9.13 Å². The third-order valence-corrected chi connectivity index (χ3v) is 4.25. The molecule has 0 atom stereocenters. The van der Waals surface area contributed by atoms with Crippen LogP contribution in [0.25, 0.3) is 6.08 Å². The maximum Gasteiger partial charge on any atom is 0.363 e. The van der Waals surface area contributed by atoms with Crippen LogP contribution in [0.3, 0.4) is 0 Å².